The summed E-state index contributed by atoms with van der Waals surface area (Å²) >= 11 is 0. The van der Waals surface area contributed by atoms with Crippen molar-refractivity contribution in [1.29, 1.82) is 0 Å². The van der Waals surface area contributed by atoms with Crippen molar-refractivity contribution in [1.82, 2.24) is 0 Å². The lowest BCUT2D eigenvalue weighted by atomic mass is 9.88. The standard InChI is InChI=1S/C18H20O3/c1-12(13-6-4-3-5-7-13)18-11-16(19)15-10-14(20-2)8-9-17(15)21-18/h3-10,12,16,18-19H,11H2,1-2H3. The van der Waals surface area contributed by atoms with Crippen LogP contribution in [0.25, 0.3) is 0 Å². The van der Waals surface area contributed by atoms with Crippen LogP contribution >= 0.6 is 0 Å². The first-order valence-corrected chi connectivity index (χ1v) is 7.26. The van der Waals surface area contributed by atoms with Crippen molar-refractivity contribution in [3.63, 3.8) is 0 Å². The number of methoxy groups -OCH3 is 1. The highest BCUT2D eigenvalue weighted by Crippen LogP contribution is 2.40. The van der Waals surface area contributed by atoms with E-state index in [4.69, 9.17) is 9.47 Å². The van der Waals surface area contributed by atoms with Crippen LogP contribution < -0.4 is 9.47 Å². The van der Waals surface area contributed by atoms with Crippen LogP contribution in [0.5, 0.6) is 11.5 Å². The minimum atomic E-state index is -0.514. The molecule has 0 bridgehead atoms. The van der Waals surface area contributed by atoms with E-state index in [0.717, 1.165) is 17.1 Å². The summed E-state index contributed by atoms with van der Waals surface area (Å²) in [5, 5.41) is 10.4. The van der Waals surface area contributed by atoms with Crippen molar-refractivity contribution >= 4 is 0 Å². The van der Waals surface area contributed by atoms with E-state index >= 15 is 0 Å². The van der Waals surface area contributed by atoms with Crippen molar-refractivity contribution in [2.45, 2.75) is 31.5 Å². The van der Waals surface area contributed by atoms with Crippen molar-refractivity contribution in [2.75, 3.05) is 7.11 Å². The lowest BCUT2D eigenvalue weighted by Gasteiger charge is -2.33. The number of aliphatic hydroxyl groups is 1. The molecule has 0 aliphatic carbocycles. The van der Waals surface area contributed by atoms with Crippen molar-refractivity contribution in [3.8, 4) is 11.5 Å². The molecule has 1 aliphatic rings. The largest absolute Gasteiger partial charge is 0.497 e. The topological polar surface area (TPSA) is 38.7 Å². The summed E-state index contributed by atoms with van der Waals surface area (Å²) < 4.78 is 11.3. The third kappa shape index (κ3) is 2.74. The van der Waals surface area contributed by atoms with E-state index < -0.39 is 6.10 Å². The van der Waals surface area contributed by atoms with Crippen molar-refractivity contribution in [3.05, 3.63) is 59.7 Å². The minimum Gasteiger partial charge on any atom is -0.497 e. The molecule has 2 aromatic rings. The van der Waals surface area contributed by atoms with Gasteiger partial charge >= 0.3 is 0 Å². The van der Waals surface area contributed by atoms with Crippen molar-refractivity contribution in [2.24, 2.45) is 0 Å². The van der Waals surface area contributed by atoms with Gasteiger partial charge in [0.25, 0.3) is 0 Å². The fraction of sp³-hybridized carbons (Fsp3) is 0.333. The third-order valence-electron chi connectivity index (χ3n) is 4.19. The number of ether oxygens (including phenoxy) is 2. The summed E-state index contributed by atoms with van der Waals surface area (Å²) in [5.41, 5.74) is 2.04. The maximum atomic E-state index is 10.4. The molecule has 3 nitrogen and oxygen atoms in total. The molecular weight excluding hydrogens is 264 g/mol. The zero-order chi connectivity index (χ0) is 14.8. The number of benzene rings is 2. The second kappa shape index (κ2) is 5.78. The van der Waals surface area contributed by atoms with Gasteiger partial charge in [0.05, 0.1) is 13.2 Å². The average Bonchev–Trinajstić information content (AvgIpc) is 2.54. The highest BCUT2D eigenvalue weighted by Gasteiger charge is 2.31. The number of fused-ring (bicyclic) bond motifs is 1. The summed E-state index contributed by atoms with van der Waals surface area (Å²) in [7, 11) is 1.62. The maximum Gasteiger partial charge on any atom is 0.125 e. The molecule has 3 heteroatoms. The SMILES string of the molecule is COc1ccc2c(c1)C(O)CC(C(C)c1ccccc1)O2. The van der Waals surface area contributed by atoms with E-state index in [2.05, 4.69) is 19.1 Å². The predicted molar refractivity (Wildman–Crippen MR) is 81.8 cm³/mol. The second-order valence-corrected chi connectivity index (χ2v) is 5.51. The van der Waals surface area contributed by atoms with Crippen LogP contribution in [-0.4, -0.2) is 18.3 Å². The van der Waals surface area contributed by atoms with Gasteiger partial charge in [-0.25, -0.2) is 0 Å². The Morgan fingerprint density at radius 2 is 1.95 bits per heavy atom. The maximum absolute atomic E-state index is 10.4. The number of hydrogen-bond acceptors (Lipinski definition) is 3. The van der Waals surface area contributed by atoms with Crippen LogP contribution in [0.2, 0.25) is 0 Å². The Balaban J connectivity index is 1.85. The molecule has 1 aliphatic heterocycles. The molecule has 0 spiro atoms. The monoisotopic (exact) mass is 284 g/mol. The van der Waals surface area contributed by atoms with Crippen LogP contribution in [0.3, 0.4) is 0 Å². The Morgan fingerprint density at radius 1 is 1.19 bits per heavy atom. The molecule has 0 aromatic heterocycles. The molecule has 1 heterocycles. The molecule has 2 aromatic carbocycles. The average molecular weight is 284 g/mol. The van der Waals surface area contributed by atoms with E-state index in [-0.39, 0.29) is 12.0 Å². The van der Waals surface area contributed by atoms with Gasteiger partial charge in [0, 0.05) is 17.9 Å². The first kappa shape index (κ1) is 14.0. The van der Waals surface area contributed by atoms with Crippen LogP contribution in [0, 0.1) is 0 Å². The molecule has 21 heavy (non-hydrogen) atoms. The lowest BCUT2D eigenvalue weighted by Crippen LogP contribution is -2.30. The molecule has 3 atom stereocenters. The third-order valence-corrected chi connectivity index (χ3v) is 4.19. The summed E-state index contributed by atoms with van der Waals surface area (Å²) in [5.74, 6) is 1.73. The molecule has 0 saturated carbocycles. The fourth-order valence-electron chi connectivity index (χ4n) is 2.86. The van der Waals surface area contributed by atoms with Crippen LogP contribution in [-0.2, 0) is 0 Å². The summed E-state index contributed by atoms with van der Waals surface area (Å²) in [4.78, 5) is 0. The molecule has 0 radical (unpaired) electrons. The van der Waals surface area contributed by atoms with E-state index in [0.29, 0.717) is 6.42 Å². The number of hydrogen-bond donors (Lipinski definition) is 1. The van der Waals surface area contributed by atoms with E-state index in [1.54, 1.807) is 7.11 Å². The minimum absolute atomic E-state index is 0.0247. The molecule has 1 N–H and O–H groups in total. The van der Waals surface area contributed by atoms with Gasteiger partial charge in [0.1, 0.15) is 17.6 Å². The zero-order valence-electron chi connectivity index (χ0n) is 12.3. The van der Waals surface area contributed by atoms with Gasteiger partial charge in [0.2, 0.25) is 0 Å². The molecule has 110 valence electrons. The van der Waals surface area contributed by atoms with Gasteiger partial charge in [-0.2, -0.15) is 0 Å². The summed E-state index contributed by atoms with van der Waals surface area (Å²) in [6, 6.07) is 15.9. The summed E-state index contributed by atoms with van der Waals surface area (Å²) in [6.45, 7) is 2.14. The Bertz CT molecular complexity index is 609. The Morgan fingerprint density at radius 3 is 2.67 bits per heavy atom. The van der Waals surface area contributed by atoms with E-state index in [1.807, 2.05) is 36.4 Å². The molecule has 0 fully saturated rings. The van der Waals surface area contributed by atoms with Gasteiger partial charge in [-0.05, 0) is 23.8 Å². The first-order chi connectivity index (χ1) is 10.2. The Hall–Kier alpha value is -2.00. The molecule has 3 unspecified atom stereocenters. The zero-order valence-corrected chi connectivity index (χ0v) is 12.3. The first-order valence-electron chi connectivity index (χ1n) is 7.26. The summed E-state index contributed by atoms with van der Waals surface area (Å²) in [6.07, 6.45) is 0.0549. The van der Waals surface area contributed by atoms with Gasteiger partial charge in [-0.3, -0.25) is 0 Å². The number of aliphatic hydroxyl groups excluding tert-OH is 1. The van der Waals surface area contributed by atoms with E-state index in [9.17, 15) is 5.11 Å². The highest BCUT2D eigenvalue weighted by atomic mass is 16.5. The second-order valence-electron chi connectivity index (χ2n) is 5.51. The quantitative estimate of drug-likeness (QED) is 0.934. The fourth-order valence-corrected chi connectivity index (χ4v) is 2.86. The van der Waals surface area contributed by atoms with Gasteiger partial charge in [-0.15, -0.1) is 0 Å². The molecule has 0 amide bonds. The molecule has 3 rings (SSSR count). The normalized spacial score (nSPS) is 22.0. The van der Waals surface area contributed by atoms with Gasteiger partial charge < -0.3 is 14.6 Å². The van der Waals surface area contributed by atoms with Crippen LogP contribution in [0.1, 0.15) is 36.5 Å². The molecule has 0 saturated heterocycles. The van der Waals surface area contributed by atoms with Crippen LogP contribution in [0.4, 0.5) is 0 Å². The van der Waals surface area contributed by atoms with Gasteiger partial charge in [-0.1, -0.05) is 37.3 Å². The Kier molecular flexibility index (Phi) is 3.84. The van der Waals surface area contributed by atoms with E-state index in [1.165, 1.54) is 5.56 Å². The van der Waals surface area contributed by atoms with Gasteiger partial charge in [0.15, 0.2) is 0 Å². The van der Waals surface area contributed by atoms with Crippen molar-refractivity contribution < 1.29 is 14.6 Å². The predicted octanol–water partition coefficient (Wildman–Crippen LogP) is 3.68. The molecular formula is C18H20O3. The smallest absolute Gasteiger partial charge is 0.125 e. The lowest BCUT2D eigenvalue weighted by molar-refractivity contribution is 0.0544. The van der Waals surface area contributed by atoms with Crippen LogP contribution in [0.15, 0.2) is 48.5 Å². The highest BCUT2D eigenvalue weighted by molar-refractivity contribution is 5.43. The Labute approximate surface area is 125 Å². The number of rotatable bonds is 3.